The summed E-state index contributed by atoms with van der Waals surface area (Å²) < 4.78 is 5.00. The Morgan fingerprint density at radius 2 is 2.20 bits per heavy atom. The van der Waals surface area contributed by atoms with Crippen LogP contribution in [0.15, 0.2) is 0 Å². The van der Waals surface area contributed by atoms with Gasteiger partial charge in [-0.3, -0.25) is 10.1 Å². The predicted molar refractivity (Wildman–Crippen MR) is 57.4 cm³/mol. The zero-order valence-corrected chi connectivity index (χ0v) is 9.42. The summed E-state index contributed by atoms with van der Waals surface area (Å²) in [6, 6.07) is 0. The third-order valence-electron chi connectivity index (χ3n) is 3.54. The minimum Gasteiger partial charge on any atom is -0.385 e. The molecule has 1 saturated heterocycles. The number of carbonyl (C=O) groups is 1. The molecule has 1 N–H and O–H groups in total. The second-order valence-corrected chi connectivity index (χ2v) is 4.54. The number of rotatable bonds is 4. The first-order valence-corrected chi connectivity index (χ1v) is 5.82. The lowest BCUT2D eigenvalue weighted by Gasteiger charge is -2.21. The van der Waals surface area contributed by atoms with Crippen molar-refractivity contribution in [3.8, 4) is 0 Å². The van der Waals surface area contributed by atoms with Crippen molar-refractivity contribution in [2.75, 3.05) is 26.9 Å². The Labute approximate surface area is 91.0 Å². The van der Waals surface area contributed by atoms with E-state index in [4.69, 9.17) is 4.74 Å². The van der Waals surface area contributed by atoms with Crippen LogP contribution in [0.2, 0.25) is 0 Å². The van der Waals surface area contributed by atoms with Crippen LogP contribution in [0.5, 0.6) is 0 Å². The van der Waals surface area contributed by atoms with E-state index >= 15 is 0 Å². The van der Waals surface area contributed by atoms with E-state index in [1.807, 2.05) is 4.90 Å². The van der Waals surface area contributed by atoms with Crippen LogP contribution in [0.4, 0.5) is 0 Å². The predicted octanol–water partition coefficient (Wildman–Crippen LogP) is 0.725. The van der Waals surface area contributed by atoms with Gasteiger partial charge >= 0.3 is 0 Å². The van der Waals surface area contributed by atoms with Gasteiger partial charge in [-0.25, -0.2) is 0 Å². The Morgan fingerprint density at radius 3 is 2.87 bits per heavy atom. The summed E-state index contributed by atoms with van der Waals surface area (Å²) in [7, 11) is 1.70. The Hall–Kier alpha value is -0.610. The molecule has 2 rings (SSSR count). The molecule has 15 heavy (non-hydrogen) atoms. The largest absolute Gasteiger partial charge is 0.385 e. The van der Waals surface area contributed by atoms with Gasteiger partial charge in [0.05, 0.1) is 12.2 Å². The van der Waals surface area contributed by atoms with Gasteiger partial charge in [0, 0.05) is 20.3 Å². The van der Waals surface area contributed by atoms with E-state index in [1.165, 1.54) is 12.8 Å². The number of hydrogen-bond donors (Lipinski definition) is 1. The maximum Gasteiger partial charge on any atom is 0.243 e. The summed E-state index contributed by atoms with van der Waals surface area (Å²) in [6.07, 6.45) is 5.34. The van der Waals surface area contributed by atoms with E-state index in [0.29, 0.717) is 5.91 Å². The molecule has 0 bridgehead atoms. The van der Waals surface area contributed by atoms with Crippen molar-refractivity contribution in [2.45, 2.75) is 37.6 Å². The molecule has 1 aliphatic carbocycles. The van der Waals surface area contributed by atoms with Crippen molar-refractivity contribution < 1.29 is 9.53 Å². The lowest BCUT2D eigenvalue weighted by atomic mass is 9.98. The van der Waals surface area contributed by atoms with Crippen molar-refractivity contribution in [1.82, 2.24) is 10.2 Å². The molecular formula is C11H20N2O2. The fraction of sp³-hybridized carbons (Fsp3) is 0.909. The van der Waals surface area contributed by atoms with Crippen LogP contribution in [0.1, 0.15) is 32.1 Å². The van der Waals surface area contributed by atoms with Crippen LogP contribution in [0.3, 0.4) is 0 Å². The van der Waals surface area contributed by atoms with E-state index in [1.54, 1.807) is 7.11 Å². The summed E-state index contributed by atoms with van der Waals surface area (Å²) in [4.78, 5) is 14.1. The van der Waals surface area contributed by atoms with Gasteiger partial charge in [0.1, 0.15) is 0 Å². The molecule has 86 valence electrons. The minimum absolute atomic E-state index is 0.187. The molecule has 2 fully saturated rings. The monoisotopic (exact) mass is 212 g/mol. The van der Waals surface area contributed by atoms with Crippen molar-refractivity contribution >= 4 is 5.91 Å². The summed E-state index contributed by atoms with van der Waals surface area (Å²) in [6.45, 7) is 2.28. The topological polar surface area (TPSA) is 41.6 Å². The fourth-order valence-electron chi connectivity index (χ4n) is 2.65. The SMILES string of the molecule is COCCCN1CNC2(CCCC2)C1=O. The van der Waals surface area contributed by atoms with E-state index < -0.39 is 0 Å². The lowest BCUT2D eigenvalue weighted by molar-refractivity contribution is -0.132. The summed E-state index contributed by atoms with van der Waals surface area (Å²) >= 11 is 0. The van der Waals surface area contributed by atoms with Crippen molar-refractivity contribution in [3.63, 3.8) is 0 Å². The second kappa shape index (κ2) is 4.49. The summed E-state index contributed by atoms with van der Waals surface area (Å²) in [5.74, 6) is 0.316. The van der Waals surface area contributed by atoms with E-state index in [0.717, 1.165) is 39.1 Å². The number of carbonyl (C=O) groups excluding carboxylic acids is 1. The number of nitrogens with one attached hydrogen (secondary N) is 1. The molecule has 1 amide bonds. The smallest absolute Gasteiger partial charge is 0.243 e. The average molecular weight is 212 g/mol. The molecule has 4 nitrogen and oxygen atoms in total. The Bertz CT molecular complexity index is 237. The molecule has 0 atom stereocenters. The van der Waals surface area contributed by atoms with Gasteiger partial charge in [0.15, 0.2) is 0 Å². The lowest BCUT2D eigenvalue weighted by Crippen LogP contribution is -2.44. The van der Waals surface area contributed by atoms with E-state index in [9.17, 15) is 4.79 Å². The second-order valence-electron chi connectivity index (χ2n) is 4.54. The molecular weight excluding hydrogens is 192 g/mol. The number of ether oxygens (including phenoxy) is 1. The molecule has 1 heterocycles. The first-order chi connectivity index (χ1) is 7.28. The highest BCUT2D eigenvalue weighted by atomic mass is 16.5. The van der Waals surface area contributed by atoms with Crippen LogP contribution in [-0.2, 0) is 9.53 Å². The highest BCUT2D eigenvalue weighted by Crippen LogP contribution is 2.34. The van der Waals surface area contributed by atoms with Crippen molar-refractivity contribution in [1.29, 1.82) is 0 Å². The van der Waals surface area contributed by atoms with Gasteiger partial charge in [-0.05, 0) is 19.3 Å². The molecule has 1 spiro atoms. The van der Waals surface area contributed by atoms with Crippen LogP contribution < -0.4 is 5.32 Å². The highest BCUT2D eigenvalue weighted by Gasteiger charge is 2.47. The highest BCUT2D eigenvalue weighted by molar-refractivity contribution is 5.88. The number of methoxy groups -OCH3 is 1. The molecule has 1 aliphatic heterocycles. The quantitative estimate of drug-likeness (QED) is 0.698. The minimum atomic E-state index is -0.187. The molecule has 0 radical (unpaired) electrons. The molecule has 4 heteroatoms. The standard InChI is InChI=1S/C11H20N2O2/c1-15-8-4-7-13-9-12-11(10(13)14)5-2-3-6-11/h12H,2-9H2,1H3. The summed E-state index contributed by atoms with van der Waals surface area (Å²) in [5, 5.41) is 3.39. The molecule has 0 aromatic rings. The van der Waals surface area contributed by atoms with Gasteiger partial charge in [0.2, 0.25) is 5.91 Å². The van der Waals surface area contributed by atoms with Gasteiger partial charge < -0.3 is 9.64 Å². The van der Waals surface area contributed by atoms with Crippen molar-refractivity contribution in [3.05, 3.63) is 0 Å². The third-order valence-corrected chi connectivity index (χ3v) is 3.54. The van der Waals surface area contributed by atoms with Crippen LogP contribution in [0.25, 0.3) is 0 Å². The third kappa shape index (κ3) is 2.01. The fourth-order valence-corrected chi connectivity index (χ4v) is 2.65. The van der Waals surface area contributed by atoms with E-state index in [2.05, 4.69) is 5.32 Å². The zero-order valence-electron chi connectivity index (χ0n) is 9.42. The number of nitrogens with zero attached hydrogens (tertiary/aromatic N) is 1. The van der Waals surface area contributed by atoms with Gasteiger partial charge in [-0.15, -0.1) is 0 Å². The maximum atomic E-state index is 12.1. The molecule has 0 unspecified atom stereocenters. The molecule has 0 aromatic heterocycles. The van der Waals surface area contributed by atoms with Gasteiger partial charge in [-0.1, -0.05) is 12.8 Å². The van der Waals surface area contributed by atoms with Crippen LogP contribution in [0, 0.1) is 0 Å². The molecule has 0 aromatic carbocycles. The number of amides is 1. The average Bonchev–Trinajstić information content (AvgIpc) is 2.82. The first-order valence-electron chi connectivity index (χ1n) is 5.82. The normalized spacial score (nSPS) is 24.3. The van der Waals surface area contributed by atoms with Gasteiger partial charge in [-0.2, -0.15) is 0 Å². The van der Waals surface area contributed by atoms with Crippen LogP contribution >= 0.6 is 0 Å². The first kappa shape index (κ1) is 10.9. The zero-order chi connectivity index (χ0) is 10.7. The molecule has 1 saturated carbocycles. The van der Waals surface area contributed by atoms with Crippen LogP contribution in [-0.4, -0.2) is 43.3 Å². The summed E-state index contributed by atoms with van der Waals surface area (Å²) in [5.41, 5.74) is -0.187. The van der Waals surface area contributed by atoms with Gasteiger partial charge in [0.25, 0.3) is 0 Å². The maximum absolute atomic E-state index is 12.1. The van der Waals surface area contributed by atoms with E-state index in [-0.39, 0.29) is 5.54 Å². The van der Waals surface area contributed by atoms with Crippen molar-refractivity contribution in [2.24, 2.45) is 0 Å². The molecule has 2 aliphatic rings. The number of hydrogen-bond acceptors (Lipinski definition) is 3. The Balaban J connectivity index is 1.86. The Morgan fingerprint density at radius 1 is 1.47 bits per heavy atom. The Kier molecular flexibility index (Phi) is 3.26.